The number of nitrogens with one attached hydrogen (secondary N) is 2. The van der Waals surface area contributed by atoms with E-state index in [1.54, 1.807) is 19.4 Å². The third-order valence-electron chi connectivity index (χ3n) is 7.36. The molecule has 2 atom stereocenters. The van der Waals surface area contributed by atoms with Gasteiger partial charge in [0.1, 0.15) is 17.0 Å². The minimum absolute atomic E-state index is 0.184. The summed E-state index contributed by atoms with van der Waals surface area (Å²) < 4.78 is 22.1. The van der Waals surface area contributed by atoms with Crippen LogP contribution in [0.3, 0.4) is 0 Å². The Morgan fingerprint density at radius 1 is 1.07 bits per heavy atom. The van der Waals surface area contributed by atoms with Crippen LogP contribution < -0.4 is 25.0 Å². The number of rotatable bonds is 9. The quantitative estimate of drug-likeness (QED) is 0.346. The smallest absolute Gasteiger partial charge is 0.243 e. The van der Waals surface area contributed by atoms with Crippen LogP contribution in [0.4, 0.5) is 11.8 Å². The van der Waals surface area contributed by atoms with Gasteiger partial charge in [0.05, 0.1) is 61.4 Å². The number of hydrogen-bond donors (Lipinski definition) is 2. The molecule has 3 aromatic rings. The minimum atomic E-state index is -0.267. The molecule has 1 amide bonds. The van der Waals surface area contributed by atoms with Crippen LogP contribution in [0.15, 0.2) is 31.0 Å². The third kappa shape index (κ3) is 5.99. The van der Waals surface area contributed by atoms with Crippen molar-refractivity contribution in [1.82, 2.24) is 20.3 Å². The summed E-state index contributed by atoms with van der Waals surface area (Å²) in [6, 6.07) is 3.03. The third-order valence-corrected chi connectivity index (χ3v) is 8.11. The maximum atomic E-state index is 11.9. The fourth-order valence-electron chi connectivity index (χ4n) is 5.10. The first-order valence-electron chi connectivity index (χ1n) is 13.2. The van der Waals surface area contributed by atoms with Crippen LogP contribution in [0.5, 0.6) is 11.5 Å². The van der Waals surface area contributed by atoms with Gasteiger partial charge in [-0.1, -0.05) is 29.8 Å². The van der Waals surface area contributed by atoms with Gasteiger partial charge in [0.25, 0.3) is 0 Å². The summed E-state index contributed by atoms with van der Waals surface area (Å²) in [6.45, 7) is 5.75. The molecule has 5 rings (SSSR count). The van der Waals surface area contributed by atoms with Crippen molar-refractivity contribution >= 4 is 51.8 Å². The Morgan fingerprint density at radius 2 is 1.76 bits per heavy atom. The highest BCUT2D eigenvalue weighted by Gasteiger charge is 2.30. The summed E-state index contributed by atoms with van der Waals surface area (Å²) in [7, 11) is 4.79. The number of anilines is 2. The number of carbonyl (C=O) groups is 1. The van der Waals surface area contributed by atoms with Crippen molar-refractivity contribution in [3.8, 4) is 22.8 Å². The summed E-state index contributed by atoms with van der Waals surface area (Å²) in [4.78, 5) is 28.6. The zero-order valence-corrected chi connectivity index (χ0v) is 24.6. The number of halogens is 2. The van der Waals surface area contributed by atoms with Gasteiger partial charge < -0.3 is 34.5 Å². The molecule has 0 unspecified atom stereocenters. The molecule has 1 aromatic carbocycles. The SMILES string of the molecule is C=CC(=O)N[C@H]1COC[C@H]1Nc1ncc2cc(-c3c(Cl)c(OC)cc(OC)c3Cl)nc(N3CCC(OC)CC3)c2n1. The van der Waals surface area contributed by atoms with Crippen molar-refractivity contribution in [2.24, 2.45) is 0 Å². The first kappa shape index (κ1) is 29.1. The summed E-state index contributed by atoms with van der Waals surface area (Å²) >= 11 is 13.5. The number of carbonyl (C=O) groups excluding carboxylic acids is 1. The van der Waals surface area contributed by atoms with Crippen molar-refractivity contribution < 1.29 is 23.7 Å². The second-order valence-corrected chi connectivity index (χ2v) is 10.5. The second kappa shape index (κ2) is 12.6. The average Bonchev–Trinajstić information content (AvgIpc) is 3.43. The Kier molecular flexibility index (Phi) is 8.98. The molecule has 0 saturated carbocycles. The molecule has 41 heavy (non-hydrogen) atoms. The summed E-state index contributed by atoms with van der Waals surface area (Å²) in [5.74, 6) is 1.63. The molecule has 2 saturated heterocycles. The molecule has 2 N–H and O–H groups in total. The molecule has 2 aliphatic rings. The van der Waals surface area contributed by atoms with Crippen molar-refractivity contribution in [2.45, 2.75) is 31.0 Å². The molecule has 2 fully saturated rings. The first-order valence-corrected chi connectivity index (χ1v) is 14.0. The first-order chi connectivity index (χ1) is 19.9. The molecule has 2 aromatic heterocycles. The Balaban J connectivity index is 1.58. The number of aromatic nitrogens is 3. The van der Waals surface area contributed by atoms with Gasteiger partial charge in [0.2, 0.25) is 11.9 Å². The van der Waals surface area contributed by atoms with Crippen LogP contribution in [0, 0.1) is 0 Å². The largest absolute Gasteiger partial charge is 0.495 e. The molecule has 2 aliphatic heterocycles. The van der Waals surface area contributed by atoms with Crippen molar-refractivity contribution in [3.63, 3.8) is 0 Å². The van der Waals surface area contributed by atoms with Crippen LogP contribution in [0.1, 0.15) is 12.8 Å². The van der Waals surface area contributed by atoms with Crippen LogP contribution in [-0.2, 0) is 14.3 Å². The van der Waals surface area contributed by atoms with Gasteiger partial charge in [-0.3, -0.25) is 4.79 Å². The Hall–Kier alpha value is -3.38. The summed E-state index contributed by atoms with van der Waals surface area (Å²) in [5, 5.41) is 7.59. The number of nitrogens with zero attached hydrogens (tertiary/aromatic N) is 4. The lowest BCUT2D eigenvalue weighted by atomic mass is 10.1. The fraction of sp³-hybridized carbons (Fsp3) is 0.429. The van der Waals surface area contributed by atoms with E-state index in [0.717, 1.165) is 31.3 Å². The highest BCUT2D eigenvalue weighted by Crippen LogP contribution is 2.46. The van der Waals surface area contributed by atoms with E-state index in [9.17, 15) is 4.79 Å². The van der Waals surface area contributed by atoms with E-state index in [-0.39, 0.29) is 24.1 Å². The van der Waals surface area contributed by atoms with E-state index in [1.165, 1.54) is 20.3 Å². The summed E-state index contributed by atoms with van der Waals surface area (Å²) in [6.07, 6.45) is 4.84. The Bertz CT molecular complexity index is 1420. The van der Waals surface area contributed by atoms with Crippen LogP contribution >= 0.6 is 23.2 Å². The van der Waals surface area contributed by atoms with Gasteiger partial charge in [-0.05, 0) is 25.0 Å². The molecule has 0 spiro atoms. The van der Waals surface area contributed by atoms with Crippen molar-refractivity contribution in [1.29, 1.82) is 0 Å². The average molecular weight is 604 g/mol. The van der Waals surface area contributed by atoms with E-state index < -0.39 is 0 Å². The number of amides is 1. The van der Waals surface area contributed by atoms with Gasteiger partial charge in [-0.15, -0.1) is 0 Å². The van der Waals surface area contributed by atoms with Gasteiger partial charge in [0.15, 0.2) is 5.82 Å². The van der Waals surface area contributed by atoms with Crippen molar-refractivity contribution in [3.05, 3.63) is 41.0 Å². The number of piperidine rings is 1. The highest BCUT2D eigenvalue weighted by atomic mass is 35.5. The van der Waals surface area contributed by atoms with Gasteiger partial charge in [-0.2, -0.15) is 0 Å². The molecule has 218 valence electrons. The maximum absolute atomic E-state index is 11.9. The van der Waals surface area contributed by atoms with E-state index in [1.807, 2.05) is 6.07 Å². The Morgan fingerprint density at radius 3 is 2.39 bits per heavy atom. The molecule has 0 aliphatic carbocycles. The number of benzene rings is 1. The standard InChI is InChI=1S/C28H32Cl2N6O5/c1-5-22(37)32-18-13-41-14-19(18)34-28-31-12-15-10-17(23-24(29)20(39-3)11-21(40-4)25(23)30)33-27(26(15)35-28)36-8-6-16(38-2)7-9-36/h5,10-12,16,18-19H,1,6-9,13-14H2,2-4H3,(H,32,37)(H,31,34,35)/t18-,19+/m0/s1. The Labute approximate surface area is 248 Å². The number of hydrogen-bond acceptors (Lipinski definition) is 10. The topological polar surface area (TPSA) is 120 Å². The van der Waals surface area contributed by atoms with E-state index in [4.69, 9.17) is 52.1 Å². The fourth-order valence-corrected chi connectivity index (χ4v) is 5.80. The number of ether oxygens (including phenoxy) is 4. The highest BCUT2D eigenvalue weighted by molar-refractivity contribution is 6.41. The monoisotopic (exact) mass is 602 g/mol. The van der Waals surface area contributed by atoms with Crippen LogP contribution in [0.2, 0.25) is 10.0 Å². The molecule has 0 bridgehead atoms. The van der Waals surface area contributed by atoms with Crippen LogP contribution in [0.25, 0.3) is 22.2 Å². The molecular weight excluding hydrogens is 571 g/mol. The molecule has 13 heteroatoms. The molecule has 11 nitrogen and oxygen atoms in total. The van der Waals surface area contributed by atoms with Gasteiger partial charge in [-0.25, -0.2) is 15.0 Å². The zero-order valence-electron chi connectivity index (χ0n) is 23.1. The lowest BCUT2D eigenvalue weighted by Gasteiger charge is -2.32. The van der Waals surface area contributed by atoms with E-state index in [2.05, 4.69) is 27.1 Å². The lowest BCUT2D eigenvalue weighted by Crippen LogP contribution is -2.45. The van der Waals surface area contributed by atoms with E-state index in [0.29, 0.717) is 63.3 Å². The van der Waals surface area contributed by atoms with Gasteiger partial charge in [0, 0.05) is 43.4 Å². The number of fused-ring (bicyclic) bond motifs is 1. The maximum Gasteiger partial charge on any atom is 0.243 e. The normalized spacial score (nSPS) is 19.3. The number of methoxy groups -OCH3 is 3. The predicted molar refractivity (Wildman–Crippen MR) is 158 cm³/mol. The second-order valence-electron chi connectivity index (χ2n) is 9.78. The number of pyridine rings is 1. The van der Waals surface area contributed by atoms with Crippen molar-refractivity contribution in [2.75, 3.05) is 57.8 Å². The predicted octanol–water partition coefficient (Wildman–Crippen LogP) is 4.11. The zero-order chi connectivity index (χ0) is 29.1. The van der Waals surface area contributed by atoms with E-state index >= 15 is 0 Å². The molecular formula is C28H32Cl2N6O5. The summed E-state index contributed by atoms with van der Waals surface area (Å²) in [5.41, 5.74) is 1.69. The van der Waals surface area contributed by atoms with Crippen LogP contribution in [-0.4, -0.2) is 86.7 Å². The van der Waals surface area contributed by atoms with Gasteiger partial charge >= 0.3 is 0 Å². The molecule has 0 radical (unpaired) electrons. The molecule has 4 heterocycles. The minimum Gasteiger partial charge on any atom is -0.495 e. The lowest BCUT2D eigenvalue weighted by molar-refractivity contribution is -0.117.